The molecule has 3 aliphatic rings. The van der Waals surface area contributed by atoms with Crippen LogP contribution in [0.15, 0.2) is 0 Å². The molecule has 2 unspecified atom stereocenters. The van der Waals surface area contributed by atoms with Gasteiger partial charge in [0.25, 0.3) is 0 Å². The lowest BCUT2D eigenvalue weighted by atomic mass is 9.83. The van der Waals surface area contributed by atoms with Crippen molar-refractivity contribution in [3.05, 3.63) is 0 Å². The Bertz CT molecular complexity index is 648. The highest BCUT2D eigenvalue weighted by Crippen LogP contribution is 2.64. The highest BCUT2D eigenvalue weighted by molar-refractivity contribution is 5.91. The summed E-state index contributed by atoms with van der Waals surface area (Å²) in [4.78, 5) is 39.3. The van der Waals surface area contributed by atoms with Crippen LogP contribution in [0, 0.1) is 23.2 Å². The molecular weight excluding hydrogens is 360 g/mol. The van der Waals surface area contributed by atoms with Gasteiger partial charge in [0.15, 0.2) is 0 Å². The number of carbonyl (C=O) groups is 3. The second-order valence-corrected chi connectivity index (χ2v) is 10.2. The molecule has 4 atom stereocenters. The minimum absolute atomic E-state index is 0.0116. The number of ether oxygens (including phenoxy) is 1. The van der Waals surface area contributed by atoms with E-state index >= 15 is 0 Å². The van der Waals surface area contributed by atoms with Gasteiger partial charge in [-0.2, -0.15) is 0 Å². The highest BCUT2D eigenvalue weighted by Gasteiger charge is 2.70. The minimum atomic E-state index is -0.953. The Morgan fingerprint density at radius 3 is 2.29 bits per heavy atom. The zero-order valence-electron chi connectivity index (χ0n) is 17.7. The molecule has 3 fully saturated rings. The molecule has 7 heteroatoms. The Morgan fingerprint density at radius 2 is 1.75 bits per heavy atom. The maximum Gasteiger partial charge on any atom is 0.408 e. The Labute approximate surface area is 167 Å². The summed E-state index contributed by atoms with van der Waals surface area (Å²) in [5.74, 6) is -0.999. The first-order valence-electron chi connectivity index (χ1n) is 10.5. The first-order valence-corrected chi connectivity index (χ1v) is 10.5. The van der Waals surface area contributed by atoms with Gasteiger partial charge in [-0.3, -0.25) is 4.79 Å². The van der Waals surface area contributed by atoms with Gasteiger partial charge in [-0.05, 0) is 50.9 Å². The van der Waals surface area contributed by atoms with Gasteiger partial charge in [-0.25, -0.2) is 9.59 Å². The van der Waals surface area contributed by atoms with Crippen LogP contribution >= 0.6 is 0 Å². The second-order valence-electron chi connectivity index (χ2n) is 10.2. The summed E-state index contributed by atoms with van der Waals surface area (Å²) >= 11 is 0. The van der Waals surface area contributed by atoms with Gasteiger partial charge in [-0.1, -0.05) is 33.1 Å². The predicted octanol–water partition coefficient (Wildman–Crippen LogP) is 3.03. The Hall–Kier alpha value is -1.79. The number of carboxylic acids is 1. The smallest absolute Gasteiger partial charge is 0.408 e. The third kappa shape index (κ3) is 3.98. The molecule has 158 valence electrons. The van der Waals surface area contributed by atoms with E-state index in [2.05, 4.69) is 19.2 Å². The van der Waals surface area contributed by atoms with Crippen molar-refractivity contribution >= 4 is 18.0 Å². The first-order chi connectivity index (χ1) is 12.9. The number of rotatable bonds is 4. The summed E-state index contributed by atoms with van der Waals surface area (Å²) in [5, 5.41) is 12.6. The van der Waals surface area contributed by atoms with Gasteiger partial charge in [0.2, 0.25) is 5.91 Å². The molecule has 0 aromatic heterocycles. The molecule has 1 saturated heterocycles. The molecule has 2 aliphatic carbocycles. The van der Waals surface area contributed by atoms with E-state index in [1.54, 1.807) is 20.8 Å². The lowest BCUT2D eigenvalue weighted by Gasteiger charge is -2.36. The van der Waals surface area contributed by atoms with Crippen LogP contribution in [0.1, 0.15) is 66.7 Å². The topological polar surface area (TPSA) is 95.9 Å². The van der Waals surface area contributed by atoms with Crippen LogP contribution in [0.4, 0.5) is 4.79 Å². The molecule has 1 aliphatic heterocycles. The SMILES string of the molecule is CC(C)(C)OC(=O)N[C@H](C(=O)N1CC2C([C@H]1C(=O)O)C2(C)C)C1CCCCC1. The molecule has 1 heterocycles. The number of nitrogens with zero attached hydrogens (tertiary/aromatic N) is 1. The number of aliphatic carboxylic acids is 1. The summed E-state index contributed by atoms with van der Waals surface area (Å²) in [6, 6.07) is -1.53. The summed E-state index contributed by atoms with van der Waals surface area (Å²) in [6.45, 7) is 9.92. The Balaban J connectivity index is 1.78. The van der Waals surface area contributed by atoms with E-state index in [9.17, 15) is 19.5 Å². The van der Waals surface area contributed by atoms with Crippen molar-refractivity contribution in [3.8, 4) is 0 Å². The number of hydrogen-bond acceptors (Lipinski definition) is 4. The van der Waals surface area contributed by atoms with Gasteiger partial charge in [0, 0.05) is 12.5 Å². The van der Waals surface area contributed by atoms with Crippen LogP contribution in [0.25, 0.3) is 0 Å². The van der Waals surface area contributed by atoms with Gasteiger partial charge in [0.05, 0.1) is 0 Å². The molecule has 0 aromatic rings. The van der Waals surface area contributed by atoms with Crippen molar-refractivity contribution in [2.45, 2.75) is 84.4 Å². The number of alkyl carbamates (subject to hydrolysis) is 1. The van der Waals surface area contributed by atoms with E-state index in [1.165, 1.54) is 4.90 Å². The van der Waals surface area contributed by atoms with Crippen molar-refractivity contribution in [1.82, 2.24) is 10.2 Å². The molecule has 28 heavy (non-hydrogen) atoms. The van der Waals surface area contributed by atoms with Crippen molar-refractivity contribution in [2.24, 2.45) is 23.2 Å². The van der Waals surface area contributed by atoms with Crippen LogP contribution in [0.5, 0.6) is 0 Å². The number of carbonyl (C=O) groups excluding carboxylic acids is 2. The number of nitrogens with one attached hydrogen (secondary N) is 1. The zero-order chi connectivity index (χ0) is 20.9. The predicted molar refractivity (Wildman–Crippen MR) is 104 cm³/mol. The van der Waals surface area contributed by atoms with E-state index < -0.39 is 29.7 Å². The zero-order valence-corrected chi connectivity index (χ0v) is 17.7. The van der Waals surface area contributed by atoms with E-state index in [0.29, 0.717) is 6.54 Å². The van der Waals surface area contributed by atoms with Crippen molar-refractivity contribution in [3.63, 3.8) is 0 Å². The summed E-state index contributed by atoms with van der Waals surface area (Å²) in [7, 11) is 0. The van der Waals surface area contributed by atoms with E-state index in [4.69, 9.17) is 4.74 Å². The maximum absolute atomic E-state index is 13.4. The third-order valence-corrected chi connectivity index (χ3v) is 6.80. The van der Waals surface area contributed by atoms with Gasteiger partial charge >= 0.3 is 12.1 Å². The first kappa shape index (κ1) is 20.9. The molecule has 0 aromatic carbocycles. The lowest BCUT2D eigenvalue weighted by molar-refractivity contribution is -0.151. The van der Waals surface area contributed by atoms with Crippen LogP contribution in [0.3, 0.4) is 0 Å². The van der Waals surface area contributed by atoms with E-state index in [0.717, 1.165) is 32.1 Å². The second kappa shape index (κ2) is 7.23. The minimum Gasteiger partial charge on any atom is -0.480 e. The molecule has 0 spiro atoms. The molecule has 0 radical (unpaired) electrons. The fraction of sp³-hybridized carbons (Fsp3) is 0.857. The number of piperidine rings is 1. The van der Waals surface area contributed by atoms with Crippen LogP contribution in [-0.4, -0.2) is 52.2 Å². The number of carboxylic acid groups (broad SMARTS) is 1. The number of likely N-dealkylation sites (tertiary alicyclic amines) is 1. The normalized spacial score (nSPS) is 30.3. The average molecular weight is 395 g/mol. The van der Waals surface area contributed by atoms with Crippen LogP contribution in [0.2, 0.25) is 0 Å². The number of amides is 2. The third-order valence-electron chi connectivity index (χ3n) is 6.80. The van der Waals surface area contributed by atoms with Gasteiger partial charge in [0.1, 0.15) is 17.7 Å². The van der Waals surface area contributed by atoms with Crippen molar-refractivity contribution in [1.29, 1.82) is 0 Å². The standard InChI is InChI=1S/C21H34N2O5/c1-20(2,3)28-19(27)22-15(12-9-7-6-8-10-12)17(24)23-11-13-14(21(13,4)5)16(23)18(25)26/h12-16H,6-11H2,1-5H3,(H,22,27)(H,25,26)/t13?,14?,15-,16-/m0/s1. The van der Waals surface area contributed by atoms with Gasteiger partial charge < -0.3 is 20.1 Å². The molecule has 0 bridgehead atoms. The average Bonchev–Trinajstić information content (AvgIpc) is 2.95. The number of hydrogen-bond donors (Lipinski definition) is 2. The quantitative estimate of drug-likeness (QED) is 0.764. The Kier molecular flexibility index (Phi) is 5.40. The summed E-state index contributed by atoms with van der Waals surface area (Å²) in [6.07, 6.45) is 4.26. The number of fused-ring (bicyclic) bond motifs is 1. The molecule has 2 amide bonds. The molecule has 2 N–H and O–H groups in total. The monoisotopic (exact) mass is 394 g/mol. The van der Waals surface area contributed by atoms with Crippen LogP contribution < -0.4 is 5.32 Å². The lowest BCUT2D eigenvalue weighted by Crippen LogP contribution is -2.57. The molecule has 3 rings (SSSR count). The van der Waals surface area contributed by atoms with Gasteiger partial charge in [-0.15, -0.1) is 0 Å². The summed E-state index contributed by atoms with van der Waals surface area (Å²) < 4.78 is 5.37. The largest absolute Gasteiger partial charge is 0.480 e. The van der Waals surface area contributed by atoms with E-state index in [-0.39, 0.29) is 29.1 Å². The Morgan fingerprint density at radius 1 is 1.14 bits per heavy atom. The maximum atomic E-state index is 13.4. The van der Waals surface area contributed by atoms with Crippen molar-refractivity contribution < 1.29 is 24.2 Å². The highest BCUT2D eigenvalue weighted by atomic mass is 16.6. The molecule has 7 nitrogen and oxygen atoms in total. The fourth-order valence-corrected chi connectivity index (χ4v) is 5.26. The van der Waals surface area contributed by atoms with Crippen molar-refractivity contribution in [2.75, 3.05) is 6.54 Å². The van der Waals surface area contributed by atoms with E-state index in [1.807, 2.05) is 0 Å². The molecular formula is C21H34N2O5. The summed E-state index contributed by atoms with van der Waals surface area (Å²) in [5.41, 5.74) is -0.702. The van der Waals surface area contributed by atoms with Crippen LogP contribution in [-0.2, 0) is 14.3 Å². The fourth-order valence-electron chi connectivity index (χ4n) is 5.26. The molecule has 2 saturated carbocycles.